The zero-order valence-corrected chi connectivity index (χ0v) is 12.8. The third-order valence-electron chi connectivity index (χ3n) is 3.78. The molecule has 1 aliphatic heterocycles. The summed E-state index contributed by atoms with van der Waals surface area (Å²) in [6.45, 7) is 2.26. The Bertz CT molecular complexity index is 590. The number of ether oxygens (including phenoxy) is 2. The van der Waals surface area contributed by atoms with Gasteiger partial charge in [0.1, 0.15) is 5.75 Å². The minimum Gasteiger partial charge on any atom is -0.493 e. The van der Waals surface area contributed by atoms with E-state index in [2.05, 4.69) is 24.3 Å². The normalized spacial score (nSPS) is 16.6. The summed E-state index contributed by atoms with van der Waals surface area (Å²) in [6.07, 6.45) is 0. The van der Waals surface area contributed by atoms with E-state index in [9.17, 15) is 5.11 Å². The molecular weight excluding hydrogens is 284 g/mol. The van der Waals surface area contributed by atoms with Crippen LogP contribution in [0.1, 0.15) is 0 Å². The largest absolute Gasteiger partial charge is 0.493 e. The van der Waals surface area contributed by atoms with Crippen molar-refractivity contribution in [2.24, 2.45) is 5.41 Å². The lowest BCUT2D eigenvalue weighted by Gasteiger charge is -2.39. The molecule has 2 aromatic rings. The van der Waals surface area contributed by atoms with Crippen molar-refractivity contribution in [3.63, 3.8) is 0 Å². The Morgan fingerprint density at radius 3 is 2.67 bits per heavy atom. The van der Waals surface area contributed by atoms with Crippen LogP contribution in [-0.4, -0.2) is 43.0 Å². The molecule has 0 amide bonds. The minimum absolute atomic E-state index is 0.00633. The van der Waals surface area contributed by atoms with Gasteiger partial charge in [-0.15, -0.1) is 0 Å². The van der Waals surface area contributed by atoms with Gasteiger partial charge in [-0.05, 0) is 22.9 Å². The fourth-order valence-corrected chi connectivity index (χ4v) is 3.41. The van der Waals surface area contributed by atoms with Crippen LogP contribution in [-0.2, 0) is 4.74 Å². The number of hydrogen-bond acceptors (Lipinski definition) is 4. The number of benzene rings is 2. The van der Waals surface area contributed by atoms with Crippen LogP contribution in [0.5, 0.6) is 5.75 Å². The summed E-state index contributed by atoms with van der Waals surface area (Å²) < 4.78 is 11.0. The molecule has 0 unspecified atom stereocenters. The van der Waals surface area contributed by atoms with Gasteiger partial charge < -0.3 is 14.6 Å². The summed E-state index contributed by atoms with van der Waals surface area (Å²) in [5, 5.41) is 11.8. The van der Waals surface area contributed by atoms with Gasteiger partial charge in [-0.1, -0.05) is 30.3 Å². The van der Waals surface area contributed by atoms with Gasteiger partial charge in [0, 0.05) is 16.9 Å². The van der Waals surface area contributed by atoms with Crippen LogP contribution < -0.4 is 4.74 Å². The van der Waals surface area contributed by atoms with Crippen LogP contribution >= 0.6 is 11.8 Å². The molecule has 0 spiro atoms. The molecule has 1 aliphatic rings. The molecule has 3 rings (SSSR count). The minimum atomic E-state index is -0.00633. The Morgan fingerprint density at radius 2 is 1.95 bits per heavy atom. The van der Waals surface area contributed by atoms with Crippen molar-refractivity contribution in [3.05, 3.63) is 42.5 Å². The molecule has 0 atom stereocenters. The number of fused-ring (bicyclic) bond motifs is 1. The van der Waals surface area contributed by atoms with Crippen LogP contribution in [0.3, 0.4) is 0 Å². The molecule has 0 saturated carbocycles. The van der Waals surface area contributed by atoms with Gasteiger partial charge in [0.2, 0.25) is 0 Å². The first-order chi connectivity index (χ1) is 10.3. The van der Waals surface area contributed by atoms with E-state index in [1.165, 1.54) is 10.8 Å². The van der Waals surface area contributed by atoms with Crippen molar-refractivity contribution in [2.75, 3.05) is 37.9 Å². The highest BCUT2D eigenvalue weighted by atomic mass is 32.2. The third-order valence-corrected chi connectivity index (χ3v) is 5.05. The predicted molar refractivity (Wildman–Crippen MR) is 87.1 cm³/mol. The molecular formula is C17H20O3S. The Morgan fingerprint density at radius 1 is 1.14 bits per heavy atom. The van der Waals surface area contributed by atoms with Crippen LogP contribution in [0.25, 0.3) is 10.8 Å². The molecule has 112 valence electrons. The van der Waals surface area contributed by atoms with Crippen molar-refractivity contribution in [1.82, 2.24) is 0 Å². The van der Waals surface area contributed by atoms with Crippen molar-refractivity contribution in [3.8, 4) is 5.75 Å². The topological polar surface area (TPSA) is 38.7 Å². The van der Waals surface area contributed by atoms with E-state index in [-0.39, 0.29) is 12.0 Å². The van der Waals surface area contributed by atoms with Crippen molar-refractivity contribution in [1.29, 1.82) is 0 Å². The van der Waals surface area contributed by atoms with Crippen LogP contribution in [0.2, 0.25) is 0 Å². The first kappa shape index (κ1) is 14.7. The predicted octanol–water partition coefficient (Wildman–Crippen LogP) is 2.96. The Balaban J connectivity index is 1.44. The number of aliphatic hydroxyl groups is 1. The van der Waals surface area contributed by atoms with Gasteiger partial charge in [-0.25, -0.2) is 0 Å². The Kier molecular flexibility index (Phi) is 4.68. The maximum absolute atomic E-state index is 9.35. The Labute approximate surface area is 129 Å². The maximum Gasteiger partial charge on any atom is 0.119 e. The van der Waals surface area contributed by atoms with Crippen molar-refractivity contribution >= 4 is 22.5 Å². The van der Waals surface area contributed by atoms with Crippen molar-refractivity contribution < 1.29 is 14.6 Å². The maximum atomic E-state index is 9.35. The average Bonchev–Trinajstić information content (AvgIpc) is 2.49. The summed E-state index contributed by atoms with van der Waals surface area (Å²) in [7, 11) is 0. The molecule has 1 fully saturated rings. The molecule has 0 bridgehead atoms. The summed E-state index contributed by atoms with van der Waals surface area (Å²) in [5.41, 5.74) is -0.00633. The van der Waals surface area contributed by atoms with Gasteiger partial charge in [0.05, 0.1) is 26.4 Å². The zero-order chi connectivity index (χ0) is 14.5. The standard InChI is InChI=1S/C17H20O3S/c18-10-17(11-19-12-17)13-21-8-7-20-16-6-5-14-3-1-2-4-15(14)9-16/h1-6,9,18H,7-8,10-13H2. The van der Waals surface area contributed by atoms with E-state index in [1.54, 1.807) is 0 Å². The fourth-order valence-electron chi connectivity index (χ4n) is 2.38. The second kappa shape index (κ2) is 6.69. The van der Waals surface area contributed by atoms with Crippen LogP contribution in [0.15, 0.2) is 42.5 Å². The van der Waals surface area contributed by atoms with E-state index in [0.29, 0.717) is 19.8 Å². The third kappa shape index (κ3) is 3.51. The van der Waals surface area contributed by atoms with E-state index in [0.717, 1.165) is 17.3 Å². The highest BCUT2D eigenvalue weighted by molar-refractivity contribution is 7.99. The first-order valence-electron chi connectivity index (χ1n) is 7.19. The lowest BCUT2D eigenvalue weighted by Crippen LogP contribution is -2.47. The first-order valence-corrected chi connectivity index (χ1v) is 8.35. The van der Waals surface area contributed by atoms with Gasteiger partial charge in [-0.2, -0.15) is 11.8 Å². The zero-order valence-electron chi connectivity index (χ0n) is 12.0. The SMILES string of the molecule is OCC1(CSCCOc2ccc3ccccc3c2)COC1. The lowest BCUT2D eigenvalue weighted by atomic mass is 9.90. The molecule has 1 heterocycles. The second-order valence-corrected chi connectivity index (χ2v) is 6.67. The van der Waals surface area contributed by atoms with Crippen molar-refractivity contribution in [2.45, 2.75) is 0 Å². The summed E-state index contributed by atoms with van der Waals surface area (Å²) in [6, 6.07) is 14.5. The molecule has 0 aliphatic carbocycles. The Hall–Kier alpha value is -1.23. The van der Waals surface area contributed by atoms with E-state index >= 15 is 0 Å². The molecule has 4 heteroatoms. The number of aliphatic hydroxyl groups excluding tert-OH is 1. The molecule has 1 N–H and O–H groups in total. The van der Waals surface area contributed by atoms with Crippen LogP contribution in [0.4, 0.5) is 0 Å². The molecule has 3 nitrogen and oxygen atoms in total. The highest BCUT2D eigenvalue weighted by Crippen LogP contribution is 2.30. The molecule has 2 aromatic carbocycles. The smallest absolute Gasteiger partial charge is 0.119 e. The average molecular weight is 304 g/mol. The molecule has 0 aromatic heterocycles. The second-order valence-electron chi connectivity index (χ2n) is 5.56. The number of hydrogen-bond donors (Lipinski definition) is 1. The van der Waals surface area contributed by atoms with Gasteiger partial charge in [0.15, 0.2) is 0 Å². The molecule has 0 radical (unpaired) electrons. The van der Waals surface area contributed by atoms with E-state index in [1.807, 2.05) is 30.0 Å². The number of rotatable bonds is 7. The monoisotopic (exact) mass is 304 g/mol. The van der Waals surface area contributed by atoms with Crippen LogP contribution in [0, 0.1) is 5.41 Å². The quantitative estimate of drug-likeness (QED) is 0.798. The molecule has 21 heavy (non-hydrogen) atoms. The van der Waals surface area contributed by atoms with Gasteiger partial charge in [-0.3, -0.25) is 0 Å². The lowest BCUT2D eigenvalue weighted by molar-refractivity contribution is -0.121. The van der Waals surface area contributed by atoms with E-state index < -0.39 is 0 Å². The summed E-state index contributed by atoms with van der Waals surface area (Å²) >= 11 is 1.82. The van der Waals surface area contributed by atoms with E-state index in [4.69, 9.17) is 9.47 Å². The highest BCUT2D eigenvalue weighted by Gasteiger charge is 2.37. The summed E-state index contributed by atoms with van der Waals surface area (Å²) in [4.78, 5) is 0. The fraction of sp³-hybridized carbons (Fsp3) is 0.412. The number of thioether (sulfide) groups is 1. The van der Waals surface area contributed by atoms with Gasteiger partial charge in [0.25, 0.3) is 0 Å². The van der Waals surface area contributed by atoms with Gasteiger partial charge >= 0.3 is 0 Å². The summed E-state index contributed by atoms with van der Waals surface area (Å²) in [5.74, 6) is 2.78. The molecule has 1 saturated heterocycles.